The van der Waals surface area contributed by atoms with Crippen LogP contribution in [0, 0.1) is 0 Å². The number of rotatable bonds is 3. The van der Waals surface area contributed by atoms with Gasteiger partial charge in [-0.2, -0.15) is 0 Å². The number of hydrogen-bond acceptors (Lipinski definition) is 4. The monoisotopic (exact) mass is 351 g/mol. The molecule has 0 spiro atoms. The van der Waals surface area contributed by atoms with Crippen LogP contribution in [0.2, 0.25) is 0 Å². The van der Waals surface area contributed by atoms with Crippen LogP contribution in [0.25, 0.3) is 0 Å². The highest BCUT2D eigenvalue weighted by Gasteiger charge is 2.31. The van der Waals surface area contributed by atoms with Crippen LogP contribution in [0.5, 0.6) is 0 Å². The second-order valence-electron chi connectivity index (χ2n) is 5.55. The van der Waals surface area contributed by atoms with E-state index in [1.807, 2.05) is 4.90 Å². The van der Waals surface area contributed by atoms with Gasteiger partial charge in [0.1, 0.15) is 4.88 Å². The Morgan fingerprint density at radius 3 is 2.90 bits per heavy atom. The molecule has 4 nitrogen and oxygen atoms in total. The highest BCUT2D eigenvalue weighted by atomic mass is 35.5. The van der Waals surface area contributed by atoms with E-state index in [1.165, 1.54) is 12.8 Å². The summed E-state index contributed by atoms with van der Waals surface area (Å²) in [6, 6.07) is 1.12. The molecule has 7 heteroatoms. The normalized spacial score (nSPS) is 24.0. The molecule has 0 saturated carbocycles. The van der Waals surface area contributed by atoms with E-state index < -0.39 is 0 Å². The molecule has 0 aliphatic carbocycles. The van der Waals surface area contributed by atoms with Crippen LogP contribution >= 0.6 is 36.2 Å². The van der Waals surface area contributed by atoms with Gasteiger partial charge in [-0.05, 0) is 32.1 Å². The summed E-state index contributed by atoms with van der Waals surface area (Å²) in [5.74, 6) is 0.175. The molecule has 1 aromatic rings. The topological polar surface area (TPSA) is 45.2 Å². The molecule has 120 valence electrons. The van der Waals surface area contributed by atoms with Gasteiger partial charge in [0.25, 0.3) is 5.91 Å². The largest absolute Gasteiger partial charge is 0.336 e. The minimum atomic E-state index is 0. The van der Waals surface area contributed by atoms with Gasteiger partial charge in [0, 0.05) is 25.2 Å². The first-order chi connectivity index (χ1) is 9.26. The van der Waals surface area contributed by atoms with Gasteiger partial charge in [0.15, 0.2) is 0 Å². The molecule has 21 heavy (non-hydrogen) atoms. The second-order valence-corrected chi connectivity index (χ2v) is 6.66. The fourth-order valence-corrected chi connectivity index (χ4v) is 4.01. The standard InChI is InChI=1S/C14H21N3OS.2ClH/c1-2-3-13-15-8-12(19-13)14(18)17-7-6-10-4-5-11(9-17)16-10;;/h8,10-11,16H,2-7,9H2,1H3;2*1H. The second kappa shape index (κ2) is 8.32. The number of aryl methyl sites for hydroxylation is 1. The maximum Gasteiger partial charge on any atom is 0.265 e. The molecule has 1 amide bonds. The molecule has 2 fully saturated rings. The van der Waals surface area contributed by atoms with E-state index in [1.54, 1.807) is 17.5 Å². The molecular formula is C14H23Cl2N3OS. The minimum Gasteiger partial charge on any atom is -0.336 e. The van der Waals surface area contributed by atoms with Gasteiger partial charge in [0.05, 0.1) is 11.2 Å². The lowest BCUT2D eigenvalue weighted by Gasteiger charge is -2.23. The molecule has 2 saturated heterocycles. The van der Waals surface area contributed by atoms with Crippen LogP contribution in [0.3, 0.4) is 0 Å². The summed E-state index contributed by atoms with van der Waals surface area (Å²) in [6.45, 7) is 3.88. The number of carbonyl (C=O) groups is 1. The molecule has 3 rings (SSSR count). The van der Waals surface area contributed by atoms with Crippen molar-refractivity contribution in [1.29, 1.82) is 0 Å². The summed E-state index contributed by atoms with van der Waals surface area (Å²) in [6.07, 6.45) is 7.38. The van der Waals surface area contributed by atoms with Gasteiger partial charge in [-0.1, -0.05) is 6.92 Å². The van der Waals surface area contributed by atoms with Crippen LogP contribution in [-0.2, 0) is 6.42 Å². The van der Waals surface area contributed by atoms with Gasteiger partial charge in [-0.25, -0.2) is 4.98 Å². The van der Waals surface area contributed by atoms with Gasteiger partial charge < -0.3 is 10.2 Å². The number of nitrogens with zero attached hydrogens (tertiary/aromatic N) is 2. The Morgan fingerprint density at radius 2 is 2.14 bits per heavy atom. The predicted octanol–water partition coefficient (Wildman–Crippen LogP) is 2.91. The number of nitrogens with one attached hydrogen (secondary N) is 1. The summed E-state index contributed by atoms with van der Waals surface area (Å²) in [5.41, 5.74) is 0. The summed E-state index contributed by atoms with van der Waals surface area (Å²) >= 11 is 1.56. The van der Waals surface area contributed by atoms with Gasteiger partial charge in [0.2, 0.25) is 0 Å². The molecule has 2 unspecified atom stereocenters. The Morgan fingerprint density at radius 1 is 1.38 bits per heavy atom. The summed E-state index contributed by atoms with van der Waals surface area (Å²) in [4.78, 5) is 19.7. The first-order valence-electron chi connectivity index (χ1n) is 7.26. The van der Waals surface area contributed by atoms with Crippen molar-refractivity contribution in [2.75, 3.05) is 13.1 Å². The van der Waals surface area contributed by atoms with Crippen LogP contribution in [0.4, 0.5) is 0 Å². The van der Waals surface area contributed by atoms with Crippen molar-refractivity contribution in [3.05, 3.63) is 16.1 Å². The molecule has 2 aliphatic heterocycles. The van der Waals surface area contributed by atoms with Crippen molar-refractivity contribution in [3.63, 3.8) is 0 Å². The zero-order chi connectivity index (χ0) is 13.2. The van der Waals surface area contributed by atoms with Crippen molar-refractivity contribution >= 4 is 42.1 Å². The van der Waals surface area contributed by atoms with Crippen molar-refractivity contribution in [1.82, 2.24) is 15.2 Å². The Hall–Kier alpha value is -0.360. The average Bonchev–Trinajstić information content (AvgIpc) is 2.96. The molecule has 0 aromatic carbocycles. The Labute approximate surface area is 142 Å². The number of halogens is 2. The molecule has 1 N–H and O–H groups in total. The fourth-order valence-electron chi connectivity index (χ4n) is 3.02. The zero-order valence-electron chi connectivity index (χ0n) is 12.2. The van der Waals surface area contributed by atoms with Crippen molar-refractivity contribution in [2.24, 2.45) is 0 Å². The highest BCUT2D eigenvalue weighted by Crippen LogP contribution is 2.23. The number of aromatic nitrogens is 1. The van der Waals surface area contributed by atoms with E-state index in [4.69, 9.17) is 0 Å². The number of fused-ring (bicyclic) bond motifs is 2. The van der Waals surface area contributed by atoms with E-state index in [2.05, 4.69) is 17.2 Å². The maximum atomic E-state index is 12.5. The minimum absolute atomic E-state index is 0. The van der Waals surface area contributed by atoms with Crippen LogP contribution in [-0.4, -0.2) is 41.0 Å². The number of amides is 1. The van der Waals surface area contributed by atoms with Gasteiger partial charge in [-0.3, -0.25) is 4.79 Å². The van der Waals surface area contributed by atoms with Gasteiger partial charge >= 0.3 is 0 Å². The summed E-state index contributed by atoms with van der Waals surface area (Å²) in [5, 5.41) is 4.69. The Bertz CT molecular complexity index is 469. The maximum absolute atomic E-state index is 12.5. The summed E-state index contributed by atoms with van der Waals surface area (Å²) < 4.78 is 0. The molecule has 1 aromatic heterocycles. The first-order valence-corrected chi connectivity index (χ1v) is 8.08. The number of hydrogen-bond donors (Lipinski definition) is 1. The van der Waals surface area contributed by atoms with E-state index in [0.717, 1.165) is 42.2 Å². The molecule has 2 aliphatic rings. The lowest BCUT2D eigenvalue weighted by Crippen LogP contribution is -2.38. The Balaban J connectivity index is 0.00000110. The average molecular weight is 352 g/mol. The third-order valence-corrected chi connectivity index (χ3v) is 5.08. The lowest BCUT2D eigenvalue weighted by molar-refractivity contribution is 0.0753. The molecule has 0 radical (unpaired) electrons. The third kappa shape index (κ3) is 4.31. The van der Waals surface area contributed by atoms with E-state index in [9.17, 15) is 4.79 Å². The van der Waals surface area contributed by atoms with Crippen LogP contribution in [0.1, 0.15) is 47.3 Å². The quantitative estimate of drug-likeness (QED) is 0.910. The summed E-state index contributed by atoms with van der Waals surface area (Å²) in [7, 11) is 0. The van der Waals surface area contributed by atoms with E-state index >= 15 is 0 Å². The van der Waals surface area contributed by atoms with Crippen molar-refractivity contribution < 1.29 is 4.79 Å². The van der Waals surface area contributed by atoms with Crippen molar-refractivity contribution in [3.8, 4) is 0 Å². The third-order valence-electron chi connectivity index (χ3n) is 4.04. The van der Waals surface area contributed by atoms with Crippen LogP contribution in [0.15, 0.2) is 6.20 Å². The van der Waals surface area contributed by atoms with Gasteiger partial charge in [-0.15, -0.1) is 36.2 Å². The highest BCUT2D eigenvalue weighted by molar-refractivity contribution is 7.13. The molecule has 3 heterocycles. The molecule has 2 bridgehead atoms. The zero-order valence-corrected chi connectivity index (χ0v) is 14.7. The molecule has 2 atom stereocenters. The smallest absolute Gasteiger partial charge is 0.265 e. The van der Waals surface area contributed by atoms with Crippen molar-refractivity contribution in [2.45, 2.75) is 51.1 Å². The molecular weight excluding hydrogens is 329 g/mol. The fraction of sp³-hybridized carbons (Fsp3) is 0.714. The number of likely N-dealkylation sites (tertiary alicyclic amines) is 1. The number of carbonyl (C=O) groups excluding carboxylic acids is 1. The SMILES string of the molecule is CCCc1ncc(C(=O)N2CCC3CCC(C2)N3)s1.Cl.Cl. The first kappa shape index (κ1) is 18.7. The lowest BCUT2D eigenvalue weighted by atomic mass is 10.1. The Kier molecular flexibility index (Phi) is 7.40. The van der Waals surface area contributed by atoms with E-state index in [0.29, 0.717) is 12.1 Å². The predicted molar refractivity (Wildman–Crippen MR) is 91.1 cm³/mol. The van der Waals surface area contributed by atoms with Crippen LogP contribution < -0.4 is 5.32 Å². The van der Waals surface area contributed by atoms with E-state index in [-0.39, 0.29) is 30.7 Å². The number of thiazole rings is 1.